The molecule has 1 aromatic rings. The highest BCUT2D eigenvalue weighted by Crippen LogP contribution is 2.24. The van der Waals surface area contributed by atoms with E-state index in [0.717, 1.165) is 18.4 Å². The molecule has 0 aliphatic carbocycles. The van der Waals surface area contributed by atoms with Gasteiger partial charge in [-0.1, -0.05) is 30.2 Å². The summed E-state index contributed by atoms with van der Waals surface area (Å²) in [4.78, 5) is 0. The van der Waals surface area contributed by atoms with Crippen LogP contribution in [0.1, 0.15) is 24.8 Å². The smallest absolute Gasteiger partial charge is 0.154 e. The van der Waals surface area contributed by atoms with Crippen molar-refractivity contribution in [2.45, 2.75) is 37.0 Å². The SMILES string of the molecule is NNC(Cc1ccc(Cl)cc1)C1CCCCS1(=O)=O. The summed E-state index contributed by atoms with van der Waals surface area (Å²) in [6.45, 7) is 0. The monoisotopic (exact) mass is 302 g/mol. The van der Waals surface area contributed by atoms with Gasteiger partial charge in [0.25, 0.3) is 0 Å². The van der Waals surface area contributed by atoms with Crippen LogP contribution in [0.15, 0.2) is 24.3 Å². The van der Waals surface area contributed by atoms with Gasteiger partial charge in [0.15, 0.2) is 9.84 Å². The van der Waals surface area contributed by atoms with Crippen LogP contribution in [0.4, 0.5) is 0 Å². The summed E-state index contributed by atoms with van der Waals surface area (Å²) in [6, 6.07) is 7.18. The van der Waals surface area contributed by atoms with Crippen molar-refractivity contribution in [2.75, 3.05) is 5.75 Å². The van der Waals surface area contributed by atoms with E-state index in [1.165, 1.54) is 0 Å². The van der Waals surface area contributed by atoms with Gasteiger partial charge in [-0.2, -0.15) is 0 Å². The van der Waals surface area contributed by atoms with E-state index < -0.39 is 9.84 Å². The number of halogens is 1. The number of hydrogen-bond donors (Lipinski definition) is 2. The summed E-state index contributed by atoms with van der Waals surface area (Å²) in [5.41, 5.74) is 3.71. The van der Waals surface area contributed by atoms with Crippen LogP contribution in [-0.2, 0) is 16.3 Å². The Balaban J connectivity index is 2.13. The van der Waals surface area contributed by atoms with E-state index in [2.05, 4.69) is 5.43 Å². The van der Waals surface area contributed by atoms with E-state index in [1.807, 2.05) is 12.1 Å². The molecule has 2 rings (SSSR count). The van der Waals surface area contributed by atoms with Gasteiger partial charge in [-0.05, 0) is 37.0 Å². The zero-order valence-corrected chi connectivity index (χ0v) is 12.3. The molecule has 2 unspecified atom stereocenters. The molecule has 1 saturated heterocycles. The fraction of sp³-hybridized carbons (Fsp3) is 0.538. The summed E-state index contributed by atoms with van der Waals surface area (Å²) in [7, 11) is -3.03. The lowest BCUT2D eigenvalue weighted by molar-refractivity contribution is 0.440. The van der Waals surface area contributed by atoms with Gasteiger partial charge in [-0.3, -0.25) is 11.3 Å². The topological polar surface area (TPSA) is 72.2 Å². The van der Waals surface area contributed by atoms with E-state index in [0.29, 0.717) is 17.9 Å². The first kappa shape index (κ1) is 14.8. The fourth-order valence-corrected chi connectivity index (χ4v) is 4.84. The van der Waals surface area contributed by atoms with Crippen LogP contribution in [0.2, 0.25) is 5.02 Å². The Hall–Kier alpha value is -0.620. The van der Waals surface area contributed by atoms with Crippen molar-refractivity contribution in [2.24, 2.45) is 5.84 Å². The number of nitrogens with two attached hydrogens (primary N) is 1. The molecular formula is C13H19ClN2O2S. The largest absolute Gasteiger partial charge is 0.271 e. The second-order valence-corrected chi connectivity index (χ2v) is 7.78. The quantitative estimate of drug-likeness (QED) is 0.656. The van der Waals surface area contributed by atoms with Gasteiger partial charge >= 0.3 is 0 Å². The van der Waals surface area contributed by atoms with Crippen molar-refractivity contribution >= 4 is 21.4 Å². The molecule has 2 atom stereocenters. The predicted molar refractivity (Wildman–Crippen MR) is 77.7 cm³/mol. The molecule has 1 fully saturated rings. The molecule has 6 heteroatoms. The summed E-state index contributed by atoms with van der Waals surface area (Å²) in [5, 5.41) is 0.285. The highest BCUT2D eigenvalue weighted by atomic mass is 35.5. The maximum atomic E-state index is 12.1. The van der Waals surface area contributed by atoms with Crippen molar-refractivity contribution < 1.29 is 8.42 Å². The molecule has 0 bridgehead atoms. The molecule has 0 radical (unpaired) electrons. The number of sulfone groups is 1. The average molecular weight is 303 g/mol. The van der Waals surface area contributed by atoms with Crippen LogP contribution in [0.3, 0.4) is 0 Å². The Labute approximate surface area is 119 Å². The van der Waals surface area contributed by atoms with E-state index in [4.69, 9.17) is 17.4 Å². The third kappa shape index (κ3) is 3.69. The van der Waals surface area contributed by atoms with Gasteiger partial charge in [-0.15, -0.1) is 0 Å². The lowest BCUT2D eigenvalue weighted by atomic mass is 10.00. The molecule has 4 nitrogen and oxygen atoms in total. The molecule has 3 N–H and O–H groups in total. The van der Waals surface area contributed by atoms with Crippen LogP contribution in [0.25, 0.3) is 0 Å². The van der Waals surface area contributed by atoms with Crippen LogP contribution in [0.5, 0.6) is 0 Å². The number of hydrogen-bond acceptors (Lipinski definition) is 4. The van der Waals surface area contributed by atoms with Crippen molar-refractivity contribution in [1.82, 2.24) is 5.43 Å². The number of hydrazine groups is 1. The molecule has 106 valence electrons. The molecule has 1 aliphatic rings. The number of rotatable bonds is 4. The molecule has 19 heavy (non-hydrogen) atoms. The Morgan fingerprint density at radius 2 is 2.00 bits per heavy atom. The van der Waals surface area contributed by atoms with Crippen LogP contribution in [0, 0.1) is 0 Å². The van der Waals surface area contributed by atoms with E-state index in [1.54, 1.807) is 12.1 Å². The highest BCUT2D eigenvalue weighted by molar-refractivity contribution is 7.92. The second-order valence-electron chi connectivity index (χ2n) is 5.00. The fourth-order valence-electron chi connectivity index (χ4n) is 2.60. The molecule has 1 heterocycles. The number of nitrogens with one attached hydrogen (secondary N) is 1. The van der Waals surface area contributed by atoms with E-state index in [9.17, 15) is 8.42 Å². The normalized spacial score (nSPS) is 24.0. The van der Waals surface area contributed by atoms with Gasteiger partial charge < -0.3 is 0 Å². The Morgan fingerprint density at radius 1 is 1.32 bits per heavy atom. The number of benzene rings is 1. The zero-order chi connectivity index (χ0) is 13.9. The Kier molecular flexibility index (Phi) is 4.84. The first-order chi connectivity index (χ1) is 9.03. The van der Waals surface area contributed by atoms with Crippen LogP contribution in [-0.4, -0.2) is 25.5 Å². The molecule has 0 saturated carbocycles. The standard InChI is InChI=1S/C13H19ClN2O2S/c14-11-6-4-10(5-7-11)9-12(16-15)13-3-1-2-8-19(13,17)18/h4-7,12-13,16H,1-3,8-9,15H2. The average Bonchev–Trinajstić information content (AvgIpc) is 2.38. The van der Waals surface area contributed by atoms with Gasteiger partial charge in [0.2, 0.25) is 0 Å². The molecule has 0 spiro atoms. The summed E-state index contributed by atoms with van der Waals surface area (Å²) in [5.74, 6) is 5.84. The summed E-state index contributed by atoms with van der Waals surface area (Å²) in [6.07, 6.45) is 2.99. The van der Waals surface area contributed by atoms with Gasteiger partial charge in [0.1, 0.15) is 0 Å². The van der Waals surface area contributed by atoms with Crippen molar-refractivity contribution in [3.05, 3.63) is 34.9 Å². The molecule has 1 aliphatic heterocycles. The molecule has 0 amide bonds. The van der Waals surface area contributed by atoms with Crippen LogP contribution >= 0.6 is 11.6 Å². The summed E-state index contributed by atoms with van der Waals surface area (Å²) >= 11 is 5.84. The van der Waals surface area contributed by atoms with Crippen molar-refractivity contribution in [1.29, 1.82) is 0 Å². The maximum Gasteiger partial charge on any atom is 0.154 e. The van der Waals surface area contributed by atoms with E-state index in [-0.39, 0.29) is 17.0 Å². The first-order valence-electron chi connectivity index (χ1n) is 6.45. The summed E-state index contributed by atoms with van der Waals surface area (Å²) < 4.78 is 24.2. The van der Waals surface area contributed by atoms with Crippen LogP contribution < -0.4 is 11.3 Å². The highest BCUT2D eigenvalue weighted by Gasteiger charge is 2.34. The Morgan fingerprint density at radius 3 is 2.58 bits per heavy atom. The predicted octanol–water partition coefficient (Wildman–Crippen LogP) is 1.68. The maximum absolute atomic E-state index is 12.1. The Bertz CT molecular complexity index is 516. The van der Waals surface area contributed by atoms with Gasteiger partial charge in [-0.25, -0.2) is 8.42 Å². The molecule has 0 aromatic heterocycles. The minimum absolute atomic E-state index is 0.244. The first-order valence-corrected chi connectivity index (χ1v) is 8.54. The van der Waals surface area contributed by atoms with Gasteiger partial charge in [0.05, 0.1) is 11.0 Å². The zero-order valence-electron chi connectivity index (χ0n) is 10.7. The molecular weight excluding hydrogens is 284 g/mol. The van der Waals surface area contributed by atoms with E-state index >= 15 is 0 Å². The minimum Gasteiger partial charge on any atom is -0.271 e. The lowest BCUT2D eigenvalue weighted by Gasteiger charge is -2.29. The molecule has 1 aromatic carbocycles. The minimum atomic E-state index is -3.03. The lowest BCUT2D eigenvalue weighted by Crippen LogP contribution is -2.50. The third-order valence-corrected chi connectivity index (χ3v) is 6.26. The van der Waals surface area contributed by atoms with Crippen molar-refractivity contribution in [3.8, 4) is 0 Å². The third-order valence-electron chi connectivity index (χ3n) is 3.66. The van der Waals surface area contributed by atoms with Crippen molar-refractivity contribution in [3.63, 3.8) is 0 Å². The van der Waals surface area contributed by atoms with Gasteiger partial charge in [0, 0.05) is 11.1 Å². The second kappa shape index (κ2) is 6.22.